The van der Waals surface area contributed by atoms with Crippen LogP contribution in [-0.4, -0.2) is 14.5 Å². The number of para-hydroxylation sites is 1. The molecule has 0 N–H and O–H groups in total. The SMILES string of the molecule is c1ccc(-c2nc(-n3c4ccc5ccccc5c4c4cccc(-c5cccc6c5sc5ccccc56)c43)nc3c2ccc2ccccc23)cc1. The second kappa shape index (κ2) is 10.6. The van der Waals surface area contributed by atoms with E-state index in [4.69, 9.17) is 9.97 Å². The van der Waals surface area contributed by atoms with Crippen molar-refractivity contribution < 1.29 is 0 Å². The van der Waals surface area contributed by atoms with Gasteiger partial charge in [-0.3, -0.25) is 4.57 Å². The van der Waals surface area contributed by atoms with E-state index in [1.165, 1.54) is 52.8 Å². The Morgan fingerprint density at radius 3 is 1.96 bits per heavy atom. The summed E-state index contributed by atoms with van der Waals surface area (Å²) in [7, 11) is 0. The second-order valence-corrected chi connectivity index (χ2v) is 14.0. The third-order valence-corrected chi connectivity index (χ3v) is 11.4. The summed E-state index contributed by atoms with van der Waals surface area (Å²) in [5, 5.41) is 10.7. The average Bonchev–Trinajstić information content (AvgIpc) is 3.74. The van der Waals surface area contributed by atoms with Gasteiger partial charge < -0.3 is 0 Å². The molecule has 8 aromatic carbocycles. The summed E-state index contributed by atoms with van der Waals surface area (Å²) in [6, 6.07) is 58.8. The van der Waals surface area contributed by atoms with Crippen LogP contribution in [0.4, 0.5) is 0 Å². The minimum Gasteiger partial charge on any atom is -0.277 e. The minimum atomic E-state index is 0.666. The van der Waals surface area contributed by atoms with Crippen LogP contribution in [0.5, 0.6) is 0 Å². The van der Waals surface area contributed by atoms with Crippen LogP contribution in [0.15, 0.2) is 164 Å². The van der Waals surface area contributed by atoms with Crippen molar-refractivity contribution in [3.63, 3.8) is 0 Å². The highest BCUT2D eigenvalue weighted by Gasteiger charge is 2.23. The van der Waals surface area contributed by atoms with E-state index in [1.807, 2.05) is 11.3 Å². The molecule has 0 radical (unpaired) electrons. The molecule has 11 rings (SSSR count). The molecule has 3 aromatic heterocycles. The predicted octanol–water partition coefficient (Wildman–Crippen LogP) is 12.7. The number of thiophene rings is 1. The standard InChI is InChI=1S/C46H27N3S/c1-2-14-30(15-3-1)42-38-26-24-29-13-5-7-17-32(29)43(38)48-46(47-42)49-39-27-25-28-12-4-6-16-31(28)41(39)37-22-10-19-34(44(37)49)36-21-11-20-35-33-18-8-9-23-40(33)50-45(35)36/h1-27H. The molecule has 0 fully saturated rings. The van der Waals surface area contributed by atoms with Crippen LogP contribution in [0.25, 0.3) is 103 Å². The molecule has 50 heavy (non-hydrogen) atoms. The summed E-state index contributed by atoms with van der Waals surface area (Å²) >= 11 is 1.87. The number of hydrogen-bond donors (Lipinski definition) is 0. The van der Waals surface area contributed by atoms with Gasteiger partial charge in [-0.25, -0.2) is 9.97 Å². The molecule has 0 aliphatic carbocycles. The summed E-state index contributed by atoms with van der Waals surface area (Å²) in [4.78, 5) is 11.0. The van der Waals surface area contributed by atoms with Gasteiger partial charge in [-0.2, -0.15) is 0 Å². The zero-order valence-corrected chi connectivity index (χ0v) is 27.7. The monoisotopic (exact) mass is 653 g/mol. The highest BCUT2D eigenvalue weighted by atomic mass is 32.1. The van der Waals surface area contributed by atoms with Crippen molar-refractivity contribution in [2.75, 3.05) is 0 Å². The Labute approximate surface area is 291 Å². The van der Waals surface area contributed by atoms with E-state index in [9.17, 15) is 0 Å². The fourth-order valence-electron chi connectivity index (χ4n) is 7.99. The number of aromatic nitrogens is 3. The van der Waals surface area contributed by atoms with Crippen LogP contribution >= 0.6 is 11.3 Å². The number of benzene rings is 8. The smallest absolute Gasteiger partial charge is 0.235 e. The maximum absolute atomic E-state index is 5.50. The zero-order valence-electron chi connectivity index (χ0n) is 26.8. The lowest BCUT2D eigenvalue weighted by Crippen LogP contribution is -2.04. The highest BCUT2D eigenvalue weighted by molar-refractivity contribution is 7.26. The van der Waals surface area contributed by atoms with E-state index in [0.717, 1.165) is 44.0 Å². The van der Waals surface area contributed by atoms with Gasteiger partial charge in [0, 0.05) is 58.4 Å². The van der Waals surface area contributed by atoms with Gasteiger partial charge in [-0.05, 0) is 34.4 Å². The molecule has 0 amide bonds. The molecule has 3 heterocycles. The van der Waals surface area contributed by atoms with Gasteiger partial charge in [0.05, 0.1) is 22.2 Å². The maximum atomic E-state index is 5.50. The Morgan fingerprint density at radius 1 is 0.440 bits per heavy atom. The normalized spacial score (nSPS) is 12.0. The van der Waals surface area contributed by atoms with Crippen molar-refractivity contribution in [2.24, 2.45) is 0 Å². The fourth-order valence-corrected chi connectivity index (χ4v) is 9.22. The van der Waals surface area contributed by atoms with E-state index in [-0.39, 0.29) is 0 Å². The Bertz CT molecular complexity index is 3150. The van der Waals surface area contributed by atoms with Crippen molar-refractivity contribution >= 4 is 85.8 Å². The van der Waals surface area contributed by atoms with E-state index in [0.29, 0.717) is 5.95 Å². The van der Waals surface area contributed by atoms with Crippen molar-refractivity contribution in [3.05, 3.63) is 164 Å². The van der Waals surface area contributed by atoms with Crippen molar-refractivity contribution in [2.45, 2.75) is 0 Å². The first kappa shape index (κ1) is 27.6. The first-order valence-electron chi connectivity index (χ1n) is 16.9. The molecule has 0 saturated heterocycles. The lowest BCUT2D eigenvalue weighted by atomic mass is 9.98. The number of hydrogen-bond acceptors (Lipinski definition) is 3. The molecular formula is C46H27N3S. The Hall–Kier alpha value is -6.36. The van der Waals surface area contributed by atoms with Crippen LogP contribution < -0.4 is 0 Å². The quantitative estimate of drug-likeness (QED) is 0.178. The molecule has 3 nitrogen and oxygen atoms in total. The van der Waals surface area contributed by atoms with Crippen LogP contribution in [0.1, 0.15) is 0 Å². The largest absolute Gasteiger partial charge is 0.277 e. The van der Waals surface area contributed by atoms with Gasteiger partial charge in [0.1, 0.15) is 0 Å². The molecule has 11 aromatic rings. The summed E-state index contributed by atoms with van der Waals surface area (Å²) < 4.78 is 4.91. The highest BCUT2D eigenvalue weighted by Crippen LogP contribution is 2.45. The van der Waals surface area contributed by atoms with Gasteiger partial charge in [-0.1, -0.05) is 146 Å². The van der Waals surface area contributed by atoms with Crippen LogP contribution in [-0.2, 0) is 0 Å². The summed E-state index contributed by atoms with van der Waals surface area (Å²) in [5.74, 6) is 0.666. The molecule has 232 valence electrons. The Balaban J connectivity index is 1.34. The van der Waals surface area contributed by atoms with E-state index >= 15 is 0 Å². The molecule has 0 saturated carbocycles. The summed E-state index contributed by atoms with van der Waals surface area (Å²) in [6.07, 6.45) is 0. The third-order valence-electron chi connectivity index (χ3n) is 10.2. The lowest BCUT2D eigenvalue weighted by Gasteiger charge is -2.15. The first-order valence-corrected chi connectivity index (χ1v) is 17.7. The maximum Gasteiger partial charge on any atom is 0.235 e. The van der Waals surface area contributed by atoms with Crippen molar-refractivity contribution in [1.82, 2.24) is 14.5 Å². The molecule has 0 unspecified atom stereocenters. The predicted molar refractivity (Wildman–Crippen MR) is 213 cm³/mol. The third kappa shape index (κ3) is 3.91. The summed E-state index contributed by atoms with van der Waals surface area (Å²) in [6.45, 7) is 0. The Morgan fingerprint density at radius 2 is 1.10 bits per heavy atom. The van der Waals surface area contributed by atoms with Crippen LogP contribution in [0.2, 0.25) is 0 Å². The number of rotatable bonds is 3. The molecule has 0 aliphatic rings. The number of nitrogens with zero attached hydrogens (tertiary/aromatic N) is 3. The van der Waals surface area contributed by atoms with Gasteiger partial charge in [0.2, 0.25) is 5.95 Å². The molecule has 0 aliphatic heterocycles. The van der Waals surface area contributed by atoms with Gasteiger partial charge in [0.25, 0.3) is 0 Å². The Kier molecular flexibility index (Phi) is 5.83. The lowest BCUT2D eigenvalue weighted by molar-refractivity contribution is 1.02. The topological polar surface area (TPSA) is 30.7 Å². The first-order chi connectivity index (χ1) is 24.8. The molecule has 0 bridgehead atoms. The van der Waals surface area contributed by atoms with E-state index < -0.39 is 0 Å². The van der Waals surface area contributed by atoms with Crippen LogP contribution in [0.3, 0.4) is 0 Å². The van der Waals surface area contributed by atoms with Gasteiger partial charge >= 0.3 is 0 Å². The molecule has 4 heteroatoms. The zero-order chi connectivity index (χ0) is 32.8. The molecule has 0 spiro atoms. The van der Waals surface area contributed by atoms with E-state index in [1.54, 1.807) is 0 Å². The van der Waals surface area contributed by atoms with Gasteiger partial charge in [-0.15, -0.1) is 11.3 Å². The number of fused-ring (bicyclic) bond motifs is 11. The molecular weight excluding hydrogens is 627 g/mol. The van der Waals surface area contributed by atoms with Crippen molar-refractivity contribution in [3.8, 4) is 28.3 Å². The van der Waals surface area contributed by atoms with Crippen molar-refractivity contribution in [1.29, 1.82) is 0 Å². The van der Waals surface area contributed by atoms with Crippen LogP contribution in [0, 0.1) is 0 Å². The minimum absolute atomic E-state index is 0.666. The van der Waals surface area contributed by atoms with Gasteiger partial charge in [0.15, 0.2) is 0 Å². The molecule has 0 atom stereocenters. The average molecular weight is 654 g/mol. The summed E-state index contributed by atoms with van der Waals surface area (Å²) in [5.41, 5.74) is 7.54. The van der Waals surface area contributed by atoms with E-state index in [2.05, 4.69) is 168 Å². The fraction of sp³-hybridized carbons (Fsp3) is 0. The second-order valence-electron chi connectivity index (χ2n) is 12.9.